The summed E-state index contributed by atoms with van der Waals surface area (Å²) in [5.41, 5.74) is 1.82. The molecule has 2 aromatic heterocycles. The fourth-order valence-electron chi connectivity index (χ4n) is 4.25. The number of nitrogens with zero attached hydrogens (tertiary/aromatic N) is 2. The molecule has 8 nitrogen and oxygen atoms in total. The highest BCUT2D eigenvalue weighted by Gasteiger charge is 2.23. The number of H-pyrrole nitrogens is 1. The number of aromatic nitrogens is 3. The van der Waals surface area contributed by atoms with Crippen molar-refractivity contribution in [2.45, 2.75) is 47.6 Å². The lowest BCUT2D eigenvalue weighted by atomic mass is 9.93. The average Bonchev–Trinajstić information content (AvgIpc) is 3.35. The number of aliphatic hydroxyl groups excluding tert-OH is 1. The van der Waals surface area contributed by atoms with Crippen molar-refractivity contribution in [2.24, 2.45) is 0 Å². The van der Waals surface area contributed by atoms with Gasteiger partial charge in [-0.2, -0.15) is 5.10 Å². The van der Waals surface area contributed by atoms with Crippen LogP contribution in [0.25, 0.3) is 11.3 Å². The standard InChI is InChI=1S/C26H27N5O3S/c32-20-13-11-19(12-14-20)27-24-15-22(35(33,34)21-9-5-2-6-10-21)16-25(28-24)29-26-17-23(30-31-26)18-7-3-1-4-8-18/h1-10,15-17,19-20,32H,11-14H2,(H3,27,28,29,30,31)/t19-,20-. The number of pyridine rings is 1. The van der Waals surface area contributed by atoms with Crippen molar-refractivity contribution in [3.63, 3.8) is 0 Å². The number of hydrogen-bond acceptors (Lipinski definition) is 7. The number of nitrogens with one attached hydrogen (secondary N) is 3. The van der Waals surface area contributed by atoms with E-state index >= 15 is 0 Å². The van der Waals surface area contributed by atoms with E-state index in [4.69, 9.17) is 0 Å². The van der Waals surface area contributed by atoms with Gasteiger partial charge in [-0.25, -0.2) is 13.4 Å². The maximum atomic E-state index is 13.4. The van der Waals surface area contributed by atoms with Crippen LogP contribution in [0.4, 0.5) is 17.5 Å². The predicted octanol–water partition coefficient (Wildman–Crippen LogP) is 4.76. The van der Waals surface area contributed by atoms with Gasteiger partial charge in [0.25, 0.3) is 0 Å². The first-order chi connectivity index (χ1) is 17.0. The maximum absolute atomic E-state index is 13.4. The Morgan fingerprint density at radius 1 is 0.800 bits per heavy atom. The second kappa shape index (κ2) is 9.89. The van der Waals surface area contributed by atoms with Crippen LogP contribution in [0.2, 0.25) is 0 Å². The summed E-state index contributed by atoms with van der Waals surface area (Å²) in [6.07, 6.45) is 2.73. The van der Waals surface area contributed by atoms with Crippen LogP contribution in [0, 0.1) is 0 Å². The summed E-state index contributed by atoms with van der Waals surface area (Å²) >= 11 is 0. The van der Waals surface area contributed by atoms with Crippen LogP contribution >= 0.6 is 0 Å². The van der Waals surface area contributed by atoms with E-state index in [9.17, 15) is 13.5 Å². The Morgan fingerprint density at radius 2 is 1.46 bits per heavy atom. The van der Waals surface area contributed by atoms with Gasteiger partial charge in [-0.3, -0.25) is 5.10 Å². The van der Waals surface area contributed by atoms with Crippen molar-refractivity contribution in [1.82, 2.24) is 15.2 Å². The van der Waals surface area contributed by atoms with Crippen LogP contribution < -0.4 is 10.6 Å². The highest BCUT2D eigenvalue weighted by atomic mass is 32.2. The molecule has 0 unspecified atom stereocenters. The second-order valence-corrected chi connectivity index (χ2v) is 10.6. The molecule has 1 aliphatic rings. The normalized spacial score (nSPS) is 18.2. The van der Waals surface area contributed by atoms with Crippen molar-refractivity contribution < 1.29 is 13.5 Å². The van der Waals surface area contributed by atoms with Crippen LogP contribution in [-0.2, 0) is 9.84 Å². The van der Waals surface area contributed by atoms with Gasteiger partial charge in [0, 0.05) is 18.2 Å². The van der Waals surface area contributed by atoms with Gasteiger partial charge in [-0.1, -0.05) is 48.5 Å². The molecule has 4 aromatic rings. The predicted molar refractivity (Wildman–Crippen MR) is 135 cm³/mol. The number of aliphatic hydroxyl groups is 1. The zero-order chi connectivity index (χ0) is 24.3. The van der Waals surface area contributed by atoms with E-state index in [-0.39, 0.29) is 21.9 Å². The molecule has 0 spiro atoms. The van der Waals surface area contributed by atoms with E-state index in [1.807, 2.05) is 36.4 Å². The topological polar surface area (TPSA) is 120 Å². The van der Waals surface area contributed by atoms with E-state index < -0.39 is 9.84 Å². The lowest BCUT2D eigenvalue weighted by Crippen LogP contribution is -2.28. The molecule has 5 rings (SSSR count). The van der Waals surface area contributed by atoms with Gasteiger partial charge in [0.1, 0.15) is 11.6 Å². The minimum absolute atomic E-state index is 0.114. The SMILES string of the molecule is O=S(=O)(c1ccccc1)c1cc(Nc2cc(-c3ccccc3)[nH]n2)nc(N[C@H]2CC[C@H](O)CC2)c1. The van der Waals surface area contributed by atoms with E-state index in [1.54, 1.807) is 36.4 Å². The fraction of sp³-hybridized carbons (Fsp3) is 0.231. The summed E-state index contributed by atoms with van der Waals surface area (Å²) < 4.78 is 26.8. The fourth-order valence-corrected chi connectivity index (χ4v) is 5.57. The molecule has 180 valence electrons. The first-order valence-electron chi connectivity index (χ1n) is 11.6. The van der Waals surface area contributed by atoms with Gasteiger partial charge in [-0.15, -0.1) is 0 Å². The molecular formula is C26H27N5O3S. The molecule has 0 aliphatic heterocycles. The van der Waals surface area contributed by atoms with Gasteiger partial charge in [0.05, 0.1) is 21.6 Å². The molecule has 2 heterocycles. The van der Waals surface area contributed by atoms with Gasteiger partial charge < -0.3 is 15.7 Å². The number of anilines is 3. The Hall–Kier alpha value is -3.69. The van der Waals surface area contributed by atoms with E-state index in [0.717, 1.165) is 24.1 Å². The summed E-state index contributed by atoms with van der Waals surface area (Å²) in [5, 5.41) is 23.6. The number of rotatable bonds is 7. The molecule has 0 atom stereocenters. The summed E-state index contributed by atoms with van der Waals surface area (Å²) in [7, 11) is -3.75. The minimum Gasteiger partial charge on any atom is -0.393 e. The first kappa shape index (κ1) is 23.1. The van der Waals surface area contributed by atoms with Crippen LogP contribution in [0.1, 0.15) is 25.7 Å². The van der Waals surface area contributed by atoms with Crippen LogP contribution in [0.5, 0.6) is 0 Å². The lowest BCUT2D eigenvalue weighted by Gasteiger charge is -2.26. The van der Waals surface area contributed by atoms with Crippen molar-refractivity contribution >= 4 is 27.3 Å². The van der Waals surface area contributed by atoms with Gasteiger partial charge in [0.15, 0.2) is 5.82 Å². The Bertz CT molecular complexity index is 1380. The lowest BCUT2D eigenvalue weighted by molar-refractivity contribution is 0.126. The smallest absolute Gasteiger partial charge is 0.206 e. The summed E-state index contributed by atoms with van der Waals surface area (Å²) in [4.78, 5) is 4.98. The molecular weight excluding hydrogens is 462 g/mol. The number of aromatic amines is 1. The highest BCUT2D eigenvalue weighted by molar-refractivity contribution is 7.91. The van der Waals surface area contributed by atoms with Crippen LogP contribution in [-0.4, -0.2) is 40.9 Å². The molecule has 9 heteroatoms. The van der Waals surface area contributed by atoms with Crippen molar-refractivity contribution in [3.05, 3.63) is 78.9 Å². The molecule has 35 heavy (non-hydrogen) atoms. The molecule has 4 N–H and O–H groups in total. The third-order valence-electron chi connectivity index (χ3n) is 6.13. The van der Waals surface area contributed by atoms with E-state index in [1.165, 1.54) is 6.07 Å². The second-order valence-electron chi connectivity index (χ2n) is 8.70. The number of hydrogen-bond donors (Lipinski definition) is 4. The Balaban J connectivity index is 1.46. The van der Waals surface area contributed by atoms with Crippen molar-refractivity contribution in [1.29, 1.82) is 0 Å². The Kier molecular flexibility index (Phi) is 6.52. The van der Waals surface area contributed by atoms with Gasteiger partial charge in [-0.05, 0) is 49.4 Å². The molecule has 2 aromatic carbocycles. The van der Waals surface area contributed by atoms with Crippen molar-refractivity contribution in [3.8, 4) is 11.3 Å². The molecule has 0 amide bonds. The number of sulfone groups is 1. The summed E-state index contributed by atoms with van der Waals surface area (Å²) in [5.74, 6) is 1.36. The third-order valence-corrected chi connectivity index (χ3v) is 7.88. The van der Waals surface area contributed by atoms with Crippen molar-refractivity contribution in [2.75, 3.05) is 10.6 Å². The number of benzene rings is 2. The zero-order valence-electron chi connectivity index (χ0n) is 19.1. The summed E-state index contributed by atoms with van der Waals surface area (Å²) in [6.45, 7) is 0. The zero-order valence-corrected chi connectivity index (χ0v) is 19.9. The van der Waals surface area contributed by atoms with E-state index in [0.29, 0.717) is 30.3 Å². The molecule has 0 saturated heterocycles. The molecule has 1 fully saturated rings. The molecule has 0 radical (unpaired) electrons. The first-order valence-corrected chi connectivity index (χ1v) is 13.1. The van der Waals surface area contributed by atoms with Crippen LogP contribution in [0.15, 0.2) is 88.7 Å². The molecule has 1 saturated carbocycles. The molecule has 0 bridgehead atoms. The average molecular weight is 490 g/mol. The Morgan fingerprint density at radius 3 is 2.17 bits per heavy atom. The summed E-state index contributed by atoms with van der Waals surface area (Å²) in [6, 6.07) is 23.2. The minimum atomic E-state index is -3.75. The van der Waals surface area contributed by atoms with Gasteiger partial charge >= 0.3 is 0 Å². The monoisotopic (exact) mass is 489 g/mol. The molecule has 1 aliphatic carbocycles. The van der Waals surface area contributed by atoms with E-state index in [2.05, 4.69) is 25.8 Å². The Labute approximate surface area is 204 Å². The van der Waals surface area contributed by atoms with Crippen LogP contribution in [0.3, 0.4) is 0 Å². The van der Waals surface area contributed by atoms with Gasteiger partial charge in [0.2, 0.25) is 9.84 Å². The maximum Gasteiger partial charge on any atom is 0.206 e. The quantitative estimate of drug-likeness (QED) is 0.295. The third kappa shape index (κ3) is 5.36. The highest BCUT2D eigenvalue weighted by Crippen LogP contribution is 2.29. The largest absolute Gasteiger partial charge is 0.393 e.